The van der Waals surface area contributed by atoms with Crippen molar-refractivity contribution in [2.24, 2.45) is 5.41 Å². The summed E-state index contributed by atoms with van der Waals surface area (Å²) in [5, 5.41) is 4.66. The zero-order chi connectivity index (χ0) is 25.5. The van der Waals surface area contributed by atoms with Crippen molar-refractivity contribution in [1.82, 2.24) is 15.6 Å². The Morgan fingerprint density at radius 2 is 1.71 bits per heavy atom. The van der Waals surface area contributed by atoms with Crippen LogP contribution in [-0.4, -0.2) is 38.6 Å². The summed E-state index contributed by atoms with van der Waals surface area (Å²) in [5.41, 5.74) is 0.943. The molecule has 0 unspecified atom stereocenters. The number of benzene rings is 2. The first-order chi connectivity index (χ1) is 16.4. The van der Waals surface area contributed by atoms with E-state index in [2.05, 4.69) is 15.6 Å². The predicted molar refractivity (Wildman–Crippen MR) is 127 cm³/mol. The monoisotopic (exact) mass is 497 g/mol. The smallest absolute Gasteiger partial charge is 0.321 e. The van der Waals surface area contributed by atoms with E-state index in [4.69, 9.17) is 4.74 Å². The number of aromatic nitrogens is 1. The molecule has 35 heavy (non-hydrogen) atoms. The third-order valence-corrected chi connectivity index (χ3v) is 7.18. The molecule has 1 aliphatic heterocycles. The largest absolute Gasteiger partial charge is 0.435 e. The highest BCUT2D eigenvalue weighted by atomic mass is 32.2. The maximum atomic E-state index is 14.8. The summed E-state index contributed by atoms with van der Waals surface area (Å²) < 4.78 is 44.2. The number of imide groups is 1. The van der Waals surface area contributed by atoms with Crippen molar-refractivity contribution < 1.29 is 27.1 Å². The van der Waals surface area contributed by atoms with E-state index in [0.29, 0.717) is 22.4 Å². The summed E-state index contributed by atoms with van der Waals surface area (Å²) in [6.45, 7) is 3.33. The lowest BCUT2D eigenvalue weighted by Crippen LogP contribution is -2.47. The normalized spacial score (nSPS) is 14.8. The molecule has 0 aliphatic carbocycles. The molecule has 8 nitrogen and oxygen atoms in total. The van der Waals surface area contributed by atoms with E-state index < -0.39 is 38.9 Å². The first kappa shape index (κ1) is 24.3. The van der Waals surface area contributed by atoms with Gasteiger partial charge in [-0.25, -0.2) is 22.6 Å². The van der Waals surface area contributed by atoms with E-state index in [1.165, 1.54) is 31.3 Å². The highest BCUT2D eigenvalue weighted by molar-refractivity contribution is 7.90. The number of halogens is 1. The number of amides is 3. The number of rotatable bonds is 4. The quantitative estimate of drug-likeness (QED) is 0.563. The molecule has 3 aromatic rings. The van der Waals surface area contributed by atoms with Crippen LogP contribution in [0.1, 0.15) is 30.9 Å². The molecule has 0 fully saturated rings. The van der Waals surface area contributed by atoms with Crippen LogP contribution in [0.25, 0.3) is 11.3 Å². The Kier molecular flexibility index (Phi) is 6.10. The van der Waals surface area contributed by atoms with Crippen LogP contribution >= 0.6 is 0 Å². The minimum absolute atomic E-state index is 0.0390. The van der Waals surface area contributed by atoms with Gasteiger partial charge in [-0.05, 0) is 24.3 Å². The van der Waals surface area contributed by atoms with E-state index >= 15 is 0 Å². The molecule has 2 heterocycles. The highest BCUT2D eigenvalue weighted by Gasteiger charge is 2.45. The zero-order valence-corrected chi connectivity index (χ0v) is 20.4. The lowest BCUT2D eigenvalue weighted by atomic mass is 9.69. The second-order valence-electron chi connectivity index (χ2n) is 8.84. The molecule has 0 saturated heterocycles. The van der Waals surface area contributed by atoms with Crippen molar-refractivity contribution in [2.45, 2.75) is 24.7 Å². The summed E-state index contributed by atoms with van der Waals surface area (Å²) in [4.78, 5) is 29.6. The van der Waals surface area contributed by atoms with Gasteiger partial charge in [-0.1, -0.05) is 44.2 Å². The number of ether oxygens (including phenoxy) is 1. The summed E-state index contributed by atoms with van der Waals surface area (Å²) in [6, 6.07) is 13.5. The summed E-state index contributed by atoms with van der Waals surface area (Å²) >= 11 is 0. The van der Waals surface area contributed by atoms with Crippen molar-refractivity contribution in [1.29, 1.82) is 0 Å². The van der Waals surface area contributed by atoms with Gasteiger partial charge in [0.1, 0.15) is 0 Å². The summed E-state index contributed by atoms with van der Waals surface area (Å²) in [5.74, 6) is -1.74. The number of hydrogen-bond donors (Lipinski definition) is 2. The van der Waals surface area contributed by atoms with Crippen LogP contribution < -0.4 is 15.4 Å². The van der Waals surface area contributed by atoms with Gasteiger partial charge in [0, 0.05) is 35.9 Å². The minimum atomic E-state index is -3.35. The maximum absolute atomic E-state index is 14.8. The zero-order valence-electron chi connectivity index (χ0n) is 19.5. The molecule has 2 N–H and O–H groups in total. The van der Waals surface area contributed by atoms with Gasteiger partial charge in [-0.2, -0.15) is 0 Å². The van der Waals surface area contributed by atoms with Crippen LogP contribution in [0.4, 0.5) is 9.18 Å². The Hall–Kier alpha value is -3.79. The lowest BCUT2D eigenvalue weighted by Gasteiger charge is -2.37. The third-order valence-electron chi connectivity index (χ3n) is 6.05. The molecular formula is C25H24FN3O5S. The summed E-state index contributed by atoms with van der Waals surface area (Å²) in [7, 11) is -1.95. The van der Waals surface area contributed by atoms with Crippen LogP contribution in [0, 0.1) is 11.2 Å². The van der Waals surface area contributed by atoms with Crippen molar-refractivity contribution in [3.8, 4) is 22.9 Å². The van der Waals surface area contributed by atoms with Crippen molar-refractivity contribution in [3.63, 3.8) is 0 Å². The van der Waals surface area contributed by atoms with Crippen LogP contribution in [0.5, 0.6) is 11.6 Å². The molecule has 0 spiro atoms. The molecule has 182 valence electrons. The third kappa shape index (κ3) is 4.49. The number of hydrogen-bond acceptors (Lipinski definition) is 6. The number of fused-ring (bicyclic) bond motifs is 2. The summed E-state index contributed by atoms with van der Waals surface area (Å²) in [6.07, 6.45) is 1.13. The highest BCUT2D eigenvalue weighted by Crippen LogP contribution is 2.52. The molecule has 0 saturated carbocycles. The number of pyridine rings is 1. The first-order valence-electron chi connectivity index (χ1n) is 10.7. The van der Waals surface area contributed by atoms with Crippen LogP contribution in [0.2, 0.25) is 0 Å². The van der Waals surface area contributed by atoms with E-state index in [1.807, 2.05) is 0 Å². The van der Waals surface area contributed by atoms with Crippen LogP contribution in [0.3, 0.4) is 0 Å². The molecular weight excluding hydrogens is 473 g/mol. The van der Waals surface area contributed by atoms with Crippen molar-refractivity contribution >= 4 is 21.8 Å². The van der Waals surface area contributed by atoms with E-state index in [0.717, 1.165) is 6.26 Å². The molecule has 4 rings (SSSR count). The number of urea groups is 1. The molecule has 1 aromatic heterocycles. The minimum Gasteiger partial charge on any atom is -0.435 e. The molecule has 1 aliphatic rings. The van der Waals surface area contributed by atoms with Gasteiger partial charge in [0.25, 0.3) is 0 Å². The Morgan fingerprint density at radius 1 is 1.03 bits per heavy atom. The standard InChI is InChI=1S/C25H24FN3O5S/c1-25(2,23(30)29-24(31)27-3)20-16-6-5-7-18(26)21(16)34-22-17(20)12-13-19(28-22)14-8-10-15(11-9-14)35(4,32)33/h5-13,20H,1-4H3,(H2,27,29,30,31)/t20-/m0/s1. The number of carbonyl (C=O) groups excluding carboxylic acids is 2. The van der Waals surface area contributed by atoms with Gasteiger partial charge in [0.15, 0.2) is 21.4 Å². The van der Waals surface area contributed by atoms with E-state index in [-0.39, 0.29) is 16.5 Å². The Balaban J connectivity index is 1.82. The number of para-hydroxylation sites is 1. The SMILES string of the molecule is CNC(=O)NC(=O)C(C)(C)[C@@H]1c2ccc(-c3ccc(S(C)(=O)=O)cc3)nc2Oc2c(F)cccc21. The van der Waals surface area contributed by atoms with Gasteiger partial charge in [-0.15, -0.1) is 0 Å². The molecule has 2 aromatic carbocycles. The van der Waals surface area contributed by atoms with Crippen LogP contribution in [-0.2, 0) is 14.6 Å². The van der Waals surface area contributed by atoms with Crippen molar-refractivity contribution in [3.05, 3.63) is 71.5 Å². The second-order valence-corrected chi connectivity index (χ2v) is 10.9. The lowest BCUT2D eigenvalue weighted by molar-refractivity contribution is -0.128. The fourth-order valence-corrected chi connectivity index (χ4v) is 4.78. The predicted octanol–water partition coefficient (Wildman–Crippen LogP) is 4.01. The van der Waals surface area contributed by atoms with Gasteiger partial charge < -0.3 is 10.1 Å². The fourth-order valence-electron chi connectivity index (χ4n) is 4.15. The van der Waals surface area contributed by atoms with Gasteiger partial charge in [0.2, 0.25) is 11.8 Å². The number of sulfone groups is 1. The molecule has 10 heteroatoms. The van der Waals surface area contributed by atoms with Crippen molar-refractivity contribution in [2.75, 3.05) is 13.3 Å². The Labute approximate surface area is 202 Å². The van der Waals surface area contributed by atoms with Gasteiger partial charge in [-0.3, -0.25) is 10.1 Å². The van der Waals surface area contributed by atoms with Gasteiger partial charge >= 0.3 is 6.03 Å². The molecule has 1 atom stereocenters. The maximum Gasteiger partial charge on any atom is 0.321 e. The topological polar surface area (TPSA) is 114 Å². The molecule has 0 radical (unpaired) electrons. The van der Waals surface area contributed by atoms with Gasteiger partial charge in [0.05, 0.1) is 16.0 Å². The average Bonchev–Trinajstić information content (AvgIpc) is 2.82. The van der Waals surface area contributed by atoms with Crippen LogP contribution in [0.15, 0.2) is 59.5 Å². The average molecular weight is 498 g/mol. The van der Waals surface area contributed by atoms with E-state index in [1.54, 1.807) is 44.2 Å². The molecule has 3 amide bonds. The Morgan fingerprint density at radius 3 is 2.34 bits per heavy atom. The van der Waals surface area contributed by atoms with E-state index in [9.17, 15) is 22.4 Å². The first-order valence-corrected chi connectivity index (χ1v) is 12.6. The molecule has 0 bridgehead atoms. The fraction of sp³-hybridized carbons (Fsp3) is 0.240. The number of nitrogens with zero attached hydrogens (tertiary/aromatic N) is 1. The Bertz CT molecular complexity index is 1440. The number of carbonyl (C=O) groups is 2. The second kappa shape index (κ2) is 8.77. The number of nitrogens with one attached hydrogen (secondary N) is 2.